The van der Waals surface area contributed by atoms with E-state index in [-0.39, 0.29) is 11.3 Å². The third kappa shape index (κ3) is 4.67. The maximum Gasteiger partial charge on any atom is 0.227 e. The Morgan fingerprint density at radius 3 is 2.64 bits per heavy atom. The van der Waals surface area contributed by atoms with Crippen LogP contribution in [0.4, 0.5) is 5.13 Å². The summed E-state index contributed by atoms with van der Waals surface area (Å²) in [6.07, 6.45) is 4.67. The zero-order chi connectivity index (χ0) is 17.9. The van der Waals surface area contributed by atoms with E-state index in [4.69, 9.17) is 0 Å². The minimum Gasteiger partial charge on any atom is -0.317 e. The molecule has 2 heterocycles. The van der Waals surface area contributed by atoms with Crippen molar-refractivity contribution in [3.8, 4) is 0 Å². The minimum absolute atomic E-state index is 0.0248. The number of benzene rings is 1. The lowest BCUT2D eigenvalue weighted by atomic mass is 9.81. The van der Waals surface area contributed by atoms with Crippen molar-refractivity contribution in [2.45, 2.75) is 51.4 Å². The smallest absolute Gasteiger partial charge is 0.227 e. The van der Waals surface area contributed by atoms with Crippen molar-refractivity contribution in [3.63, 3.8) is 0 Å². The minimum atomic E-state index is -0.201. The second-order valence-corrected chi connectivity index (χ2v) is 8.63. The number of thiazole rings is 1. The average molecular weight is 358 g/mol. The summed E-state index contributed by atoms with van der Waals surface area (Å²) in [7, 11) is 0. The van der Waals surface area contributed by atoms with Gasteiger partial charge >= 0.3 is 0 Å². The molecule has 0 aliphatic carbocycles. The Morgan fingerprint density at radius 1 is 1.28 bits per heavy atom. The number of carbonyl (C=O) groups is 1. The molecule has 0 spiro atoms. The number of hydrogen-bond acceptors (Lipinski definition) is 4. The monoisotopic (exact) mass is 357 g/mol. The molecule has 1 fully saturated rings. The van der Waals surface area contributed by atoms with Crippen molar-refractivity contribution in [1.82, 2.24) is 10.3 Å². The lowest BCUT2D eigenvalue weighted by Crippen LogP contribution is -2.26. The average Bonchev–Trinajstić information content (AvgIpc) is 3.04. The molecule has 1 aromatic carbocycles. The first kappa shape index (κ1) is 18.1. The Labute approximate surface area is 154 Å². The molecule has 3 rings (SSSR count). The van der Waals surface area contributed by atoms with Crippen LogP contribution in [0.15, 0.2) is 30.5 Å². The number of amides is 1. The van der Waals surface area contributed by atoms with E-state index in [0.717, 1.165) is 31.1 Å². The first-order valence-corrected chi connectivity index (χ1v) is 9.79. The van der Waals surface area contributed by atoms with Gasteiger partial charge in [-0.15, -0.1) is 11.3 Å². The highest BCUT2D eigenvalue weighted by atomic mass is 32.1. The van der Waals surface area contributed by atoms with Gasteiger partial charge in [0.05, 0.1) is 0 Å². The molecule has 1 aliphatic heterocycles. The number of nitrogens with zero attached hydrogens (tertiary/aromatic N) is 1. The number of piperidine rings is 1. The maximum absolute atomic E-state index is 12.5. The van der Waals surface area contributed by atoms with E-state index in [1.165, 1.54) is 16.0 Å². The predicted molar refractivity (Wildman–Crippen MR) is 104 cm³/mol. The van der Waals surface area contributed by atoms with E-state index in [9.17, 15) is 4.79 Å². The Morgan fingerprint density at radius 2 is 1.96 bits per heavy atom. The molecule has 25 heavy (non-hydrogen) atoms. The summed E-state index contributed by atoms with van der Waals surface area (Å²) in [6.45, 7) is 8.43. The quantitative estimate of drug-likeness (QED) is 0.842. The van der Waals surface area contributed by atoms with Crippen LogP contribution in [0.1, 0.15) is 55.0 Å². The molecular weight excluding hydrogens is 330 g/mol. The summed E-state index contributed by atoms with van der Waals surface area (Å²) >= 11 is 1.62. The van der Waals surface area contributed by atoms with Gasteiger partial charge in [0, 0.05) is 17.5 Å². The van der Waals surface area contributed by atoms with Crippen LogP contribution in [-0.2, 0) is 10.2 Å². The summed E-state index contributed by atoms with van der Waals surface area (Å²) in [5.41, 5.74) is 2.22. The van der Waals surface area contributed by atoms with Crippen LogP contribution in [0.25, 0.3) is 0 Å². The maximum atomic E-state index is 12.5. The molecule has 4 nitrogen and oxygen atoms in total. The van der Waals surface area contributed by atoms with Crippen LogP contribution in [0.5, 0.6) is 0 Å². The molecular formula is C20H27N3OS. The fourth-order valence-corrected chi connectivity index (χ4v) is 4.31. The van der Waals surface area contributed by atoms with Gasteiger partial charge in [-0.25, -0.2) is 4.98 Å². The number of aryl methyl sites for hydroxylation is 1. The van der Waals surface area contributed by atoms with Gasteiger partial charge in [0.2, 0.25) is 5.91 Å². The topological polar surface area (TPSA) is 54.0 Å². The van der Waals surface area contributed by atoms with Crippen LogP contribution in [0, 0.1) is 6.92 Å². The van der Waals surface area contributed by atoms with E-state index >= 15 is 0 Å². The van der Waals surface area contributed by atoms with Gasteiger partial charge in [0.15, 0.2) is 5.13 Å². The number of nitrogens with one attached hydrogen (secondary N) is 2. The van der Waals surface area contributed by atoms with Crippen molar-refractivity contribution in [2.24, 2.45) is 0 Å². The van der Waals surface area contributed by atoms with Gasteiger partial charge in [0.25, 0.3) is 0 Å². The summed E-state index contributed by atoms with van der Waals surface area (Å²) in [6, 6.07) is 8.42. The van der Waals surface area contributed by atoms with E-state index < -0.39 is 0 Å². The number of carbonyl (C=O) groups excluding carboxylic acids is 1. The highest BCUT2D eigenvalue weighted by Gasteiger charge is 2.25. The third-order valence-electron chi connectivity index (χ3n) is 4.95. The van der Waals surface area contributed by atoms with Crippen LogP contribution in [-0.4, -0.2) is 24.0 Å². The van der Waals surface area contributed by atoms with E-state index in [0.29, 0.717) is 12.3 Å². The summed E-state index contributed by atoms with van der Waals surface area (Å²) < 4.78 is 0. The summed E-state index contributed by atoms with van der Waals surface area (Å²) in [5, 5.41) is 7.09. The van der Waals surface area contributed by atoms with Crippen molar-refractivity contribution in [2.75, 3.05) is 18.4 Å². The normalized spacial score (nSPS) is 16.0. The fourth-order valence-electron chi connectivity index (χ4n) is 3.31. The van der Waals surface area contributed by atoms with Crippen LogP contribution in [0.3, 0.4) is 0 Å². The lowest BCUT2D eigenvalue weighted by Gasteiger charge is -2.24. The first-order valence-electron chi connectivity index (χ1n) is 8.97. The molecule has 1 aliphatic rings. The molecule has 2 N–H and O–H groups in total. The van der Waals surface area contributed by atoms with Crippen molar-refractivity contribution >= 4 is 22.4 Å². The van der Waals surface area contributed by atoms with Crippen molar-refractivity contribution in [3.05, 3.63) is 46.5 Å². The molecule has 1 saturated heterocycles. The molecule has 5 heteroatoms. The van der Waals surface area contributed by atoms with Crippen molar-refractivity contribution < 1.29 is 4.79 Å². The first-order chi connectivity index (χ1) is 11.9. The molecule has 2 aromatic rings. The molecule has 134 valence electrons. The number of aromatic nitrogens is 1. The van der Waals surface area contributed by atoms with Crippen LogP contribution >= 0.6 is 11.3 Å². The van der Waals surface area contributed by atoms with Gasteiger partial charge in [-0.1, -0.05) is 43.7 Å². The standard InChI is InChI=1S/C20H27N3OS/c1-14-4-6-16(7-5-14)20(2,3)12-18(24)23-19-22-13-17(25-19)15-8-10-21-11-9-15/h4-7,13,15,21H,8-12H2,1-3H3,(H,22,23,24). The highest BCUT2D eigenvalue weighted by molar-refractivity contribution is 7.15. The zero-order valence-corrected chi connectivity index (χ0v) is 16.1. The number of anilines is 1. The second kappa shape index (κ2) is 7.67. The van der Waals surface area contributed by atoms with Gasteiger partial charge in [-0.05, 0) is 49.8 Å². The van der Waals surface area contributed by atoms with Gasteiger partial charge in [0.1, 0.15) is 0 Å². The molecule has 0 bridgehead atoms. The molecule has 0 unspecified atom stereocenters. The summed E-state index contributed by atoms with van der Waals surface area (Å²) in [4.78, 5) is 18.2. The molecule has 0 saturated carbocycles. The Balaban J connectivity index is 1.60. The lowest BCUT2D eigenvalue weighted by molar-refractivity contribution is -0.117. The fraction of sp³-hybridized carbons (Fsp3) is 0.500. The highest BCUT2D eigenvalue weighted by Crippen LogP contribution is 2.32. The zero-order valence-electron chi connectivity index (χ0n) is 15.3. The molecule has 1 aromatic heterocycles. The van der Waals surface area contributed by atoms with E-state index in [2.05, 4.69) is 60.7 Å². The van der Waals surface area contributed by atoms with Crippen molar-refractivity contribution in [1.29, 1.82) is 0 Å². The molecule has 0 radical (unpaired) electrons. The Bertz CT molecular complexity index is 715. The Kier molecular flexibility index (Phi) is 5.54. The predicted octanol–water partition coefficient (Wildman–Crippen LogP) is 4.22. The molecule has 0 atom stereocenters. The largest absolute Gasteiger partial charge is 0.317 e. The second-order valence-electron chi connectivity index (χ2n) is 7.57. The molecule has 1 amide bonds. The van der Waals surface area contributed by atoms with E-state index in [1.807, 2.05) is 6.20 Å². The van der Waals surface area contributed by atoms with Gasteiger partial charge in [-0.2, -0.15) is 0 Å². The Hall–Kier alpha value is -1.72. The van der Waals surface area contributed by atoms with Crippen LogP contribution < -0.4 is 10.6 Å². The van der Waals surface area contributed by atoms with E-state index in [1.54, 1.807) is 11.3 Å². The van der Waals surface area contributed by atoms with Gasteiger partial charge < -0.3 is 10.6 Å². The third-order valence-corrected chi connectivity index (χ3v) is 6.02. The van der Waals surface area contributed by atoms with Crippen LogP contribution in [0.2, 0.25) is 0 Å². The van der Waals surface area contributed by atoms with Gasteiger partial charge in [-0.3, -0.25) is 4.79 Å². The number of rotatable bonds is 5. The SMILES string of the molecule is Cc1ccc(C(C)(C)CC(=O)Nc2ncc(C3CCNCC3)s2)cc1. The number of hydrogen-bond donors (Lipinski definition) is 2. The summed E-state index contributed by atoms with van der Waals surface area (Å²) in [5.74, 6) is 0.602.